The van der Waals surface area contributed by atoms with Gasteiger partial charge in [-0.25, -0.2) is 4.79 Å². The van der Waals surface area contributed by atoms with E-state index >= 15 is 0 Å². The lowest BCUT2D eigenvalue weighted by Crippen LogP contribution is -2.36. The summed E-state index contributed by atoms with van der Waals surface area (Å²) in [6.45, 7) is 5.57. The molecule has 1 unspecified atom stereocenters. The van der Waals surface area contributed by atoms with Gasteiger partial charge in [0.05, 0.1) is 12.6 Å². The van der Waals surface area contributed by atoms with Crippen molar-refractivity contribution in [3.63, 3.8) is 0 Å². The van der Waals surface area contributed by atoms with Crippen LogP contribution in [0.1, 0.15) is 32.4 Å². The highest BCUT2D eigenvalue weighted by molar-refractivity contribution is 5.67. The summed E-state index contributed by atoms with van der Waals surface area (Å²) in [5.74, 6) is 0. The molecule has 1 rings (SSSR count). The summed E-state index contributed by atoms with van der Waals surface area (Å²) in [7, 11) is 1.59. The molecule has 18 heavy (non-hydrogen) atoms. The van der Waals surface area contributed by atoms with Gasteiger partial charge in [0.1, 0.15) is 5.60 Å². The minimum absolute atomic E-state index is 0.167. The third-order valence-electron chi connectivity index (χ3n) is 2.22. The molecule has 1 atom stereocenters. The monoisotopic (exact) mass is 252 g/mol. The molecular formula is C13H20N2O3. The van der Waals surface area contributed by atoms with Crippen LogP contribution in [0.2, 0.25) is 0 Å². The van der Waals surface area contributed by atoms with Gasteiger partial charge in [-0.1, -0.05) is 6.07 Å². The number of pyridine rings is 1. The van der Waals surface area contributed by atoms with E-state index in [2.05, 4.69) is 4.98 Å². The summed E-state index contributed by atoms with van der Waals surface area (Å²) in [6, 6.07) is 3.51. The van der Waals surface area contributed by atoms with Crippen LogP contribution in [0.3, 0.4) is 0 Å². The Morgan fingerprint density at radius 1 is 1.56 bits per heavy atom. The number of amides is 1. The summed E-state index contributed by atoms with van der Waals surface area (Å²) in [5.41, 5.74) is 0.137. The average Bonchev–Trinajstić information content (AvgIpc) is 2.27. The molecule has 0 aliphatic heterocycles. The first kappa shape index (κ1) is 14.4. The third-order valence-corrected chi connectivity index (χ3v) is 2.22. The Morgan fingerprint density at radius 3 is 2.72 bits per heavy atom. The molecule has 1 amide bonds. The van der Waals surface area contributed by atoms with Crippen LogP contribution in [-0.4, -0.2) is 40.3 Å². The summed E-state index contributed by atoms with van der Waals surface area (Å²) < 4.78 is 5.20. The second-order valence-electron chi connectivity index (χ2n) is 5.16. The first-order valence-electron chi connectivity index (χ1n) is 5.81. The topological polar surface area (TPSA) is 62.7 Å². The Balaban J connectivity index is 2.55. The van der Waals surface area contributed by atoms with Gasteiger partial charge < -0.3 is 14.7 Å². The molecule has 5 heteroatoms. The zero-order chi connectivity index (χ0) is 13.8. The van der Waals surface area contributed by atoms with Crippen molar-refractivity contribution in [1.29, 1.82) is 0 Å². The number of carbonyl (C=O) groups excluding carboxylic acids is 1. The maximum atomic E-state index is 11.7. The zero-order valence-electron chi connectivity index (χ0n) is 11.3. The number of nitrogens with zero attached hydrogens (tertiary/aromatic N) is 2. The molecule has 0 bridgehead atoms. The number of aliphatic hydroxyl groups is 1. The van der Waals surface area contributed by atoms with Gasteiger partial charge in [-0.15, -0.1) is 0 Å². The fourth-order valence-electron chi connectivity index (χ4n) is 1.35. The SMILES string of the molecule is CN(CC(O)c1cccnc1)C(=O)OC(C)(C)C. The maximum Gasteiger partial charge on any atom is 0.410 e. The van der Waals surface area contributed by atoms with E-state index in [0.717, 1.165) is 0 Å². The third kappa shape index (κ3) is 4.71. The first-order chi connectivity index (χ1) is 8.29. The van der Waals surface area contributed by atoms with Crippen LogP contribution in [0.4, 0.5) is 4.79 Å². The van der Waals surface area contributed by atoms with Crippen molar-refractivity contribution in [3.8, 4) is 0 Å². The van der Waals surface area contributed by atoms with E-state index in [9.17, 15) is 9.90 Å². The molecule has 0 saturated heterocycles. The van der Waals surface area contributed by atoms with E-state index < -0.39 is 17.8 Å². The average molecular weight is 252 g/mol. The van der Waals surface area contributed by atoms with E-state index in [1.165, 1.54) is 4.90 Å². The van der Waals surface area contributed by atoms with Crippen LogP contribution >= 0.6 is 0 Å². The molecule has 0 fully saturated rings. The second kappa shape index (κ2) is 5.82. The molecular weight excluding hydrogens is 232 g/mol. The lowest BCUT2D eigenvalue weighted by Gasteiger charge is -2.26. The smallest absolute Gasteiger partial charge is 0.410 e. The van der Waals surface area contributed by atoms with Crippen molar-refractivity contribution in [2.75, 3.05) is 13.6 Å². The van der Waals surface area contributed by atoms with Crippen molar-refractivity contribution in [1.82, 2.24) is 9.88 Å². The molecule has 100 valence electrons. The van der Waals surface area contributed by atoms with Crippen molar-refractivity contribution in [2.24, 2.45) is 0 Å². The van der Waals surface area contributed by atoms with Crippen LogP contribution in [0.5, 0.6) is 0 Å². The summed E-state index contributed by atoms with van der Waals surface area (Å²) >= 11 is 0. The molecule has 5 nitrogen and oxygen atoms in total. The number of rotatable bonds is 3. The quantitative estimate of drug-likeness (QED) is 0.893. The van der Waals surface area contributed by atoms with E-state index in [1.54, 1.807) is 52.3 Å². The zero-order valence-corrected chi connectivity index (χ0v) is 11.3. The molecule has 0 spiro atoms. The number of aromatic nitrogens is 1. The molecule has 1 N–H and O–H groups in total. The number of hydrogen-bond acceptors (Lipinski definition) is 4. The summed E-state index contributed by atoms with van der Waals surface area (Å²) in [5, 5.41) is 9.95. The van der Waals surface area contributed by atoms with Gasteiger partial charge >= 0.3 is 6.09 Å². The highest BCUT2D eigenvalue weighted by Crippen LogP contribution is 2.14. The van der Waals surface area contributed by atoms with Gasteiger partial charge in [0.25, 0.3) is 0 Å². The minimum atomic E-state index is -0.767. The number of ether oxygens (including phenoxy) is 1. The lowest BCUT2D eigenvalue weighted by atomic mass is 10.1. The van der Waals surface area contributed by atoms with Crippen molar-refractivity contribution in [2.45, 2.75) is 32.5 Å². The van der Waals surface area contributed by atoms with Gasteiger partial charge in [0.2, 0.25) is 0 Å². The van der Waals surface area contributed by atoms with Gasteiger partial charge in [0.15, 0.2) is 0 Å². The van der Waals surface area contributed by atoms with E-state index in [1.807, 2.05) is 0 Å². The number of aliphatic hydroxyl groups excluding tert-OH is 1. The van der Waals surface area contributed by atoms with E-state index in [4.69, 9.17) is 4.74 Å². The molecule has 0 aromatic carbocycles. The Bertz CT molecular complexity index is 387. The largest absolute Gasteiger partial charge is 0.444 e. The molecule has 0 aliphatic carbocycles. The Morgan fingerprint density at radius 2 is 2.22 bits per heavy atom. The Labute approximate surface area is 107 Å². The van der Waals surface area contributed by atoms with Gasteiger partial charge in [0, 0.05) is 25.0 Å². The fraction of sp³-hybridized carbons (Fsp3) is 0.538. The Hall–Kier alpha value is -1.62. The first-order valence-corrected chi connectivity index (χ1v) is 5.81. The fourth-order valence-corrected chi connectivity index (χ4v) is 1.35. The van der Waals surface area contributed by atoms with Gasteiger partial charge in [-0.2, -0.15) is 0 Å². The van der Waals surface area contributed by atoms with Crippen LogP contribution < -0.4 is 0 Å². The maximum absolute atomic E-state index is 11.7. The molecule has 0 saturated carbocycles. The van der Waals surface area contributed by atoms with Gasteiger partial charge in [-0.05, 0) is 26.8 Å². The molecule has 1 heterocycles. The summed E-state index contributed by atoms with van der Waals surface area (Å²) in [6.07, 6.45) is 1.99. The van der Waals surface area contributed by atoms with Gasteiger partial charge in [-0.3, -0.25) is 4.98 Å². The van der Waals surface area contributed by atoms with Crippen molar-refractivity contribution < 1.29 is 14.6 Å². The van der Waals surface area contributed by atoms with Crippen LogP contribution in [0.25, 0.3) is 0 Å². The number of likely N-dealkylation sites (N-methyl/N-ethyl adjacent to an activating group) is 1. The highest BCUT2D eigenvalue weighted by Gasteiger charge is 2.21. The number of hydrogen-bond donors (Lipinski definition) is 1. The normalized spacial score (nSPS) is 12.9. The summed E-state index contributed by atoms with van der Waals surface area (Å²) in [4.78, 5) is 17.0. The second-order valence-corrected chi connectivity index (χ2v) is 5.16. The predicted molar refractivity (Wildman–Crippen MR) is 68.1 cm³/mol. The molecule has 1 aromatic rings. The van der Waals surface area contributed by atoms with E-state index in [0.29, 0.717) is 5.56 Å². The molecule has 1 aromatic heterocycles. The molecule has 0 aliphatic rings. The van der Waals surface area contributed by atoms with Crippen LogP contribution in [0, 0.1) is 0 Å². The van der Waals surface area contributed by atoms with Crippen LogP contribution in [-0.2, 0) is 4.74 Å². The highest BCUT2D eigenvalue weighted by atomic mass is 16.6. The van der Waals surface area contributed by atoms with Crippen molar-refractivity contribution >= 4 is 6.09 Å². The van der Waals surface area contributed by atoms with E-state index in [-0.39, 0.29) is 6.54 Å². The standard InChI is InChI=1S/C13H20N2O3/c1-13(2,3)18-12(17)15(4)9-11(16)10-6-5-7-14-8-10/h5-8,11,16H,9H2,1-4H3. The lowest BCUT2D eigenvalue weighted by molar-refractivity contribution is 0.0205. The minimum Gasteiger partial charge on any atom is -0.444 e. The van der Waals surface area contributed by atoms with Crippen LogP contribution in [0.15, 0.2) is 24.5 Å². The predicted octanol–water partition coefficient (Wildman–Crippen LogP) is 1.98. The number of carbonyl (C=O) groups is 1. The Kier molecular flexibility index (Phi) is 4.67. The van der Waals surface area contributed by atoms with Crippen molar-refractivity contribution in [3.05, 3.63) is 30.1 Å². The molecule has 0 radical (unpaired) electrons.